The Kier molecular flexibility index (Phi) is 5.98. The zero-order valence-electron chi connectivity index (χ0n) is 18.6. The van der Waals surface area contributed by atoms with Gasteiger partial charge in [0, 0.05) is 36.9 Å². The Labute approximate surface area is 195 Å². The number of nitrogens with zero attached hydrogens (tertiary/aromatic N) is 3. The van der Waals surface area contributed by atoms with E-state index in [1.165, 1.54) is 11.3 Å². The van der Waals surface area contributed by atoms with E-state index in [2.05, 4.69) is 82.3 Å². The minimum atomic E-state index is -0.0355. The van der Waals surface area contributed by atoms with E-state index < -0.39 is 0 Å². The molecule has 4 heterocycles. The van der Waals surface area contributed by atoms with Crippen LogP contribution >= 0.6 is 12.2 Å². The first-order chi connectivity index (χ1) is 15.6. The molecule has 2 fully saturated rings. The molecule has 1 N–H and O–H groups in total. The van der Waals surface area contributed by atoms with Crippen LogP contribution in [0.15, 0.2) is 67.0 Å². The highest BCUT2D eigenvalue weighted by Crippen LogP contribution is 2.42. The third-order valence-electron chi connectivity index (χ3n) is 6.53. The predicted octanol–water partition coefficient (Wildman–Crippen LogP) is 5.36. The van der Waals surface area contributed by atoms with E-state index in [0.717, 1.165) is 42.5 Å². The number of thiocarbonyl (C=S) groups is 1. The fourth-order valence-corrected chi connectivity index (χ4v) is 5.17. The lowest BCUT2D eigenvalue weighted by Crippen LogP contribution is -2.31. The molecule has 0 unspecified atom stereocenters. The van der Waals surface area contributed by atoms with Crippen LogP contribution in [0.4, 0.5) is 5.69 Å². The van der Waals surface area contributed by atoms with Gasteiger partial charge in [0.1, 0.15) is 6.04 Å². The van der Waals surface area contributed by atoms with E-state index in [9.17, 15) is 0 Å². The van der Waals surface area contributed by atoms with E-state index in [-0.39, 0.29) is 18.2 Å². The van der Waals surface area contributed by atoms with Crippen molar-refractivity contribution in [2.45, 2.75) is 57.3 Å². The van der Waals surface area contributed by atoms with Gasteiger partial charge in [-0.2, -0.15) is 0 Å². The maximum atomic E-state index is 5.94. The van der Waals surface area contributed by atoms with Crippen LogP contribution in [0.2, 0.25) is 0 Å². The lowest BCUT2D eigenvalue weighted by molar-refractivity contribution is 0.0961. The summed E-state index contributed by atoms with van der Waals surface area (Å²) in [4.78, 5) is 6.92. The van der Waals surface area contributed by atoms with Gasteiger partial charge >= 0.3 is 0 Å². The number of hydrogen-bond acceptors (Lipinski definition) is 3. The zero-order chi connectivity index (χ0) is 22.1. The van der Waals surface area contributed by atoms with Gasteiger partial charge in [0.25, 0.3) is 0 Å². The fraction of sp³-hybridized carbons (Fsp3) is 0.385. The summed E-state index contributed by atoms with van der Waals surface area (Å²) in [5.41, 5.74) is 4.63. The van der Waals surface area contributed by atoms with Gasteiger partial charge in [0.2, 0.25) is 0 Å². The molecular formula is C26H30N4OS. The van der Waals surface area contributed by atoms with E-state index >= 15 is 0 Å². The normalized spacial score (nSPS) is 23.2. The Balaban J connectivity index is 1.55. The van der Waals surface area contributed by atoms with Crippen LogP contribution in [0.5, 0.6) is 0 Å². The molecule has 6 heteroatoms. The molecule has 1 aromatic carbocycles. The highest BCUT2D eigenvalue weighted by Gasteiger charge is 2.42. The molecule has 0 spiro atoms. The molecule has 2 aromatic heterocycles. The van der Waals surface area contributed by atoms with Crippen LogP contribution in [0, 0.1) is 0 Å². The highest BCUT2D eigenvalue weighted by molar-refractivity contribution is 7.80. The van der Waals surface area contributed by atoms with Crippen LogP contribution in [0.1, 0.15) is 61.6 Å². The van der Waals surface area contributed by atoms with Crippen molar-refractivity contribution in [2.75, 3.05) is 11.5 Å². The summed E-state index contributed by atoms with van der Waals surface area (Å²) in [6, 6.07) is 19.1. The maximum absolute atomic E-state index is 5.94. The number of ether oxygens (including phenoxy) is 1. The Morgan fingerprint density at radius 2 is 1.97 bits per heavy atom. The Bertz CT molecular complexity index is 1060. The predicted molar refractivity (Wildman–Crippen MR) is 132 cm³/mol. The number of rotatable bonds is 6. The molecule has 0 bridgehead atoms. The summed E-state index contributed by atoms with van der Waals surface area (Å²) >= 11 is 5.87. The van der Waals surface area contributed by atoms with Gasteiger partial charge in [-0.15, -0.1) is 0 Å². The van der Waals surface area contributed by atoms with Crippen LogP contribution in [0.3, 0.4) is 0 Å². The molecule has 3 atom stereocenters. The number of aromatic nitrogens is 2. The summed E-state index contributed by atoms with van der Waals surface area (Å²) in [7, 11) is 0. The second-order valence-electron chi connectivity index (χ2n) is 8.96. The van der Waals surface area contributed by atoms with Gasteiger partial charge in [0.15, 0.2) is 5.11 Å². The number of pyridine rings is 1. The molecule has 166 valence electrons. The van der Waals surface area contributed by atoms with Gasteiger partial charge in [-0.25, -0.2) is 0 Å². The monoisotopic (exact) mass is 446 g/mol. The van der Waals surface area contributed by atoms with Crippen molar-refractivity contribution < 1.29 is 4.74 Å². The van der Waals surface area contributed by atoms with Gasteiger partial charge in [-0.1, -0.05) is 32.0 Å². The smallest absolute Gasteiger partial charge is 0.174 e. The molecule has 2 aliphatic rings. The summed E-state index contributed by atoms with van der Waals surface area (Å²) in [6.07, 6.45) is 6.54. The number of anilines is 1. The molecule has 2 saturated heterocycles. The van der Waals surface area contributed by atoms with Crippen molar-refractivity contribution >= 4 is 23.0 Å². The molecular weight excluding hydrogens is 416 g/mol. The topological polar surface area (TPSA) is 42.3 Å². The van der Waals surface area contributed by atoms with E-state index in [1.807, 2.05) is 18.3 Å². The lowest BCUT2D eigenvalue weighted by Gasteiger charge is -2.29. The second-order valence-corrected chi connectivity index (χ2v) is 9.35. The minimum Gasteiger partial charge on any atom is -0.376 e. The molecule has 0 saturated carbocycles. The SMILES string of the molecule is CC(C)c1ccc(N2C(=S)N[C@H](c3ccccn3)[C@H]2c2cccn2C[C@H]2CCCO2)cc1. The van der Waals surface area contributed by atoms with Crippen LogP contribution in [0.25, 0.3) is 0 Å². The second kappa shape index (κ2) is 9.04. The third kappa shape index (κ3) is 4.05. The van der Waals surface area contributed by atoms with E-state index in [1.54, 1.807) is 0 Å². The Hall–Kier alpha value is -2.70. The first-order valence-electron chi connectivity index (χ1n) is 11.5. The largest absolute Gasteiger partial charge is 0.376 e. The van der Waals surface area contributed by atoms with Crippen molar-refractivity contribution in [1.29, 1.82) is 0 Å². The van der Waals surface area contributed by atoms with Crippen LogP contribution in [-0.4, -0.2) is 27.4 Å². The quantitative estimate of drug-likeness (QED) is 0.516. The molecule has 0 amide bonds. The first-order valence-corrected chi connectivity index (χ1v) is 11.9. The standard InChI is InChI=1S/C26H30N4OS/c1-18(2)19-10-12-20(13-11-19)30-25(24(28-26(30)32)22-8-3-4-14-27-22)23-9-5-15-29(23)17-21-7-6-16-31-21/h3-5,8-15,18,21,24-25H,6-7,16-17H2,1-2H3,(H,28,32)/t21-,24-,25-/m1/s1. The number of hydrogen-bond donors (Lipinski definition) is 1. The number of nitrogens with one attached hydrogen (secondary N) is 1. The summed E-state index contributed by atoms with van der Waals surface area (Å²) in [5.74, 6) is 0.494. The van der Waals surface area contributed by atoms with Gasteiger partial charge < -0.3 is 19.5 Å². The average Bonchev–Trinajstić information content (AvgIpc) is 3.55. The minimum absolute atomic E-state index is 0.00120. The summed E-state index contributed by atoms with van der Waals surface area (Å²) in [5, 5.41) is 4.30. The first kappa shape index (κ1) is 21.2. The van der Waals surface area contributed by atoms with Gasteiger partial charge in [-0.3, -0.25) is 4.98 Å². The van der Waals surface area contributed by atoms with Crippen molar-refractivity contribution in [3.05, 3.63) is 83.9 Å². The molecule has 2 aliphatic heterocycles. The Morgan fingerprint density at radius 3 is 2.66 bits per heavy atom. The molecule has 32 heavy (non-hydrogen) atoms. The van der Waals surface area contributed by atoms with Gasteiger partial charge in [0.05, 0.1) is 17.8 Å². The van der Waals surface area contributed by atoms with Crippen molar-refractivity contribution in [3.8, 4) is 0 Å². The number of benzene rings is 1. The molecule has 5 nitrogen and oxygen atoms in total. The zero-order valence-corrected chi connectivity index (χ0v) is 19.5. The van der Waals surface area contributed by atoms with Crippen molar-refractivity contribution in [1.82, 2.24) is 14.9 Å². The van der Waals surface area contributed by atoms with Crippen molar-refractivity contribution in [2.24, 2.45) is 0 Å². The Morgan fingerprint density at radius 1 is 1.12 bits per heavy atom. The highest BCUT2D eigenvalue weighted by atomic mass is 32.1. The van der Waals surface area contributed by atoms with E-state index in [0.29, 0.717) is 5.92 Å². The molecule has 3 aromatic rings. The van der Waals surface area contributed by atoms with Crippen molar-refractivity contribution in [3.63, 3.8) is 0 Å². The average molecular weight is 447 g/mol. The van der Waals surface area contributed by atoms with E-state index in [4.69, 9.17) is 17.0 Å². The summed E-state index contributed by atoms with van der Waals surface area (Å²) < 4.78 is 8.27. The third-order valence-corrected chi connectivity index (χ3v) is 6.84. The van der Waals surface area contributed by atoms with Crippen LogP contribution < -0.4 is 10.2 Å². The molecule has 0 radical (unpaired) electrons. The van der Waals surface area contributed by atoms with Gasteiger partial charge in [-0.05, 0) is 72.9 Å². The lowest BCUT2D eigenvalue weighted by atomic mass is 9.99. The maximum Gasteiger partial charge on any atom is 0.174 e. The fourth-order valence-electron chi connectivity index (χ4n) is 4.82. The molecule has 0 aliphatic carbocycles. The summed E-state index contributed by atoms with van der Waals surface area (Å²) in [6.45, 7) is 6.16. The molecule has 5 rings (SSSR count). The van der Waals surface area contributed by atoms with Crippen LogP contribution in [-0.2, 0) is 11.3 Å².